The molecule has 0 saturated carbocycles. The van der Waals surface area contributed by atoms with E-state index in [4.69, 9.17) is 18.9 Å². The summed E-state index contributed by atoms with van der Waals surface area (Å²) >= 11 is 0. The van der Waals surface area contributed by atoms with E-state index in [0.29, 0.717) is 24.8 Å². The summed E-state index contributed by atoms with van der Waals surface area (Å²) in [5, 5.41) is 13.0. The van der Waals surface area contributed by atoms with E-state index < -0.39 is 35.9 Å². The molecule has 0 amide bonds. The quantitative estimate of drug-likeness (QED) is 0.170. The number of nitrogens with one attached hydrogen (secondary N) is 1. The van der Waals surface area contributed by atoms with Gasteiger partial charge in [0.15, 0.2) is 11.5 Å². The van der Waals surface area contributed by atoms with Crippen LogP contribution in [-0.4, -0.2) is 47.0 Å². The molecule has 37 heavy (non-hydrogen) atoms. The molecule has 0 aromatic heterocycles. The second-order valence-corrected chi connectivity index (χ2v) is 9.22. The van der Waals surface area contributed by atoms with E-state index in [2.05, 4.69) is 5.32 Å². The van der Waals surface area contributed by atoms with Gasteiger partial charge in [-0.15, -0.1) is 0 Å². The third-order valence-electron chi connectivity index (χ3n) is 5.40. The van der Waals surface area contributed by atoms with Crippen molar-refractivity contribution in [3.05, 3.63) is 23.8 Å². The molecule has 1 aromatic rings. The molecular formula is C27H41NO9. The molecule has 1 unspecified atom stereocenters. The summed E-state index contributed by atoms with van der Waals surface area (Å²) in [6.07, 6.45) is 1.84. The lowest BCUT2D eigenvalue weighted by atomic mass is 10.00. The van der Waals surface area contributed by atoms with Gasteiger partial charge in [0.25, 0.3) is 5.72 Å². The summed E-state index contributed by atoms with van der Waals surface area (Å²) in [4.78, 5) is 49.4. The standard InChI is InChI=1S/C27H41NO9/c1-7-10-12-23(29)35-21-15-14-20(16-22(21)36-24(30)13-11-8-2)17-27(25(31)32,28-19(6)9-3)37-26(33)34-18(4)5/h14-16,18-19,28H,7-13,17H2,1-6H3,(H,31,32)/t19?,27-/m0/s1. The van der Waals surface area contributed by atoms with E-state index in [1.807, 2.05) is 20.8 Å². The van der Waals surface area contributed by atoms with Crippen LogP contribution < -0.4 is 14.8 Å². The number of unbranched alkanes of at least 4 members (excludes halogenated alkanes) is 2. The minimum atomic E-state index is -2.16. The predicted molar refractivity (Wildman–Crippen MR) is 136 cm³/mol. The molecule has 2 atom stereocenters. The molecule has 1 aromatic carbocycles. The molecule has 0 heterocycles. The molecule has 10 heteroatoms. The molecule has 0 radical (unpaired) electrons. The molecule has 0 bridgehead atoms. The van der Waals surface area contributed by atoms with Gasteiger partial charge in [-0.1, -0.05) is 39.7 Å². The highest BCUT2D eigenvalue weighted by Gasteiger charge is 2.45. The number of carboxylic acid groups (broad SMARTS) is 1. The third-order valence-corrected chi connectivity index (χ3v) is 5.40. The number of ether oxygens (including phenoxy) is 4. The molecule has 10 nitrogen and oxygen atoms in total. The first kappa shape index (κ1) is 31.9. The number of carboxylic acids is 1. The van der Waals surface area contributed by atoms with Crippen LogP contribution >= 0.6 is 0 Å². The number of aliphatic carboxylic acids is 1. The van der Waals surface area contributed by atoms with Crippen molar-refractivity contribution in [2.24, 2.45) is 0 Å². The van der Waals surface area contributed by atoms with E-state index in [9.17, 15) is 24.3 Å². The Morgan fingerprint density at radius 2 is 1.49 bits per heavy atom. The van der Waals surface area contributed by atoms with Gasteiger partial charge in [0.1, 0.15) is 0 Å². The fourth-order valence-corrected chi connectivity index (χ4v) is 3.26. The molecule has 0 spiro atoms. The Morgan fingerprint density at radius 1 is 0.919 bits per heavy atom. The van der Waals surface area contributed by atoms with Crippen molar-refractivity contribution in [2.75, 3.05) is 0 Å². The Labute approximate surface area is 219 Å². The van der Waals surface area contributed by atoms with Crippen LogP contribution in [0.15, 0.2) is 18.2 Å². The van der Waals surface area contributed by atoms with Crippen molar-refractivity contribution >= 4 is 24.1 Å². The van der Waals surface area contributed by atoms with Crippen molar-refractivity contribution in [1.82, 2.24) is 5.32 Å². The molecule has 2 N–H and O–H groups in total. The van der Waals surface area contributed by atoms with E-state index in [1.165, 1.54) is 18.2 Å². The molecular weight excluding hydrogens is 482 g/mol. The molecule has 0 saturated heterocycles. The molecule has 0 aliphatic heterocycles. The highest BCUT2D eigenvalue weighted by atomic mass is 16.7. The smallest absolute Gasteiger partial charge is 0.477 e. The lowest BCUT2D eigenvalue weighted by Crippen LogP contribution is -2.59. The summed E-state index contributed by atoms with van der Waals surface area (Å²) < 4.78 is 21.3. The summed E-state index contributed by atoms with van der Waals surface area (Å²) in [5.74, 6) is -2.38. The average Bonchev–Trinajstić information content (AvgIpc) is 2.82. The molecule has 0 aliphatic rings. The second-order valence-electron chi connectivity index (χ2n) is 9.22. The van der Waals surface area contributed by atoms with Crippen LogP contribution in [0.4, 0.5) is 4.79 Å². The van der Waals surface area contributed by atoms with Gasteiger partial charge in [-0.05, 0) is 57.7 Å². The van der Waals surface area contributed by atoms with Crippen LogP contribution in [0, 0.1) is 0 Å². The average molecular weight is 524 g/mol. The summed E-state index contributed by atoms with van der Waals surface area (Å²) in [7, 11) is 0. The Kier molecular flexibility index (Phi) is 13.7. The van der Waals surface area contributed by atoms with Gasteiger partial charge in [0, 0.05) is 25.3 Å². The topological polar surface area (TPSA) is 137 Å². The maximum atomic E-state index is 12.4. The zero-order valence-electron chi connectivity index (χ0n) is 22.8. The van der Waals surface area contributed by atoms with E-state index in [1.54, 1.807) is 20.8 Å². The van der Waals surface area contributed by atoms with E-state index in [0.717, 1.165) is 12.8 Å². The number of benzene rings is 1. The van der Waals surface area contributed by atoms with Gasteiger partial charge in [-0.25, -0.2) is 9.59 Å². The number of esters is 2. The maximum absolute atomic E-state index is 12.4. The zero-order valence-corrected chi connectivity index (χ0v) is 22.8. The van der Waals surface area contributed by atoms with Crippen molar-refractivity contribution in [3.63, 3.8) is 0 Å². The number of carbonyl (C=O) groups is 4. The van der Waals surface area contributed by atoms with Crippen LogP contribution in [0.2, 0.25) is 0 Å². The lowest BCUT2D eigenvalue weighted by molar-refractivity contribution is -0.167. The van der Waals surface area contributed by atoms with Gasteiger partial charge >= 0.3 is 24.1 Å². The van der Waals surface area contributed by atoms with Crippen molar-refractivity contribution in [2.45, 2.75) is 111 Å². The minimum absolute atomic E-state index is 0.0176. The first-order chi connectivity index (χ1) is 17.5. The monoisotopic (exact) mass is 523 g/mol. The number of rotatable bonds is 16. The lowest BCUT2D eigenvalue weighted by Gasteiger charge is -2.32. The Bertz CT molecular complexity index is 915. The largest absolute Gasteiger partial charge is 0.510 e. The van der Waals surface area contributed by atoms with Crippen LogP contribution in [-0.2, 0) is 30.3 Å². The van der Waals surface area contributed by atoms with E-state index in [-0.39, 0.29) is 36.8 Å². The van der Waals surface area contributed by atoms with Gasteiger partial charge in [-0.2, -0.15) is 0 Å². The Balaban J connectivity index is 3.40. The summed E-state index contributed by atoms with van der Waals surface area (Å²) in [6, 6.07) is 4.05. The SMILES string of the molecule is CCCCC(=O)Oc1ccc(C[C@](NC(C)CC)(OC(=O)OC(C)C)C(=O)O)cc1OC(=O)CCCC. The fourth-order valence-electron chi connectivity index (χ4n) is 3.26. The molecule has 208 valence electrons. The highest BCUT2D eigenvalue weighted by molar-refractivity contribution is 5.81. The normalized spacial score (nSPS) is 13.4. The van der Waals surface area contributed by atoms with Gasteiger partial charge in [0.2, 0.25) is 0 Å². The van der Waals surface area contributed by atoms with Gasteiger partial charge in [-0.3, -0.25) is 14.9 Å². The fraction of sp³-hybridized carbons (Fsp3) is 0.630. The van der Waals surface area contributed by atoms with Crippen molar-refractivity contribution in [3.8, 4) is 11.5 Å². The zero-order chi connectivity index (χ0) is 28.0. The first-order valence-electron chi connectivity index (χ1n) is 12.9. The molecule has 1 rings (SSSR count). The highest BCUT2D eigenvalue weighted by Crippen LogP contribution is 2.32. The van der Waals surface area contributed by atoms with Crippen LogP contribution in [0.25, 0.3) is 0 Å². The summed E-state index contributed by atoms with van der Waals surface area (Å²) in [6.45, 7) is 10.7. The first-order valence-corrected chi connectivity index (χ1v) is 12.9. The third kappa shape index (κ3) is 11.2. The number of hydrogen-bond donors (Lipinski definition) is 2. The van der Waals surface area contributed by atoms with Gasteiger partial charge in [0.05, 0.1) is 6.10 Å². The number of carbonyl (C=O) groups excluding carboxylic acids is 3. The van der Waals surface area contributed by atoms with E-state index >= 15 is 0 Å². The van der Waals surface area contributed by atoms with Crippen molar-refractivity contribution in [1.29, 1.82) is 0 Å². The number of hydrogen-bond acceptors (Lipinski definition) is 9. The van der Waals surface area contributed by atoms with Crippen LogP contribution in [0.5, 0.6) is 11.5 Å². The maximum Gasteiger partial charge on any atom is 0.510 e. The minimum Gasteiger partial charge on any atom is -0.477 e. The van der Waals surface area contributed by atoms with Crippen LogP contribution in [0.3, 0.4) is 0 Å². The molecule has 0 fully saturated rings. The second kappa shape index (κ2) is 15.9. The summed E-state index contributed by atoms with van der Waals surface area (Å²) in [5.41, 5.74) is -1.80. The van der Waals surface area contributed by atoms with Crippen molar-refractivity contribution < 1.29 is 43.2 Å². The van der Waals surface area contributed by atoms with Gasteiger partial charge < -0.3 is 24.1 Å². The predicted octanol–water partition coefficient (Wildman–Crippen LogP) is 5.15. The Hall–Kier alpha value is -3.14. The Morgan fingerprint density at radius 3 is 1.97 bits per heavy atom. The van der Waals surface area contributed by atoms with Crippen LogP contribution in [0.1, 0.15) is 92.1 Å². The molecule has 0 aliphatic carbocycles.